The maximum Gasteiger partial charge on any atom is 0.303 e. The molecule has 0 bridgehead atoms. The van der Waals surface area contributed by atoms with Crippen molar-refractivity contribution in [3.63, 3.8) is 0 Å². The fraction of sp³-hybridized carbons (Fsp3) is 0.385. The maximum absolute atomic E-state index is 12.3. The van der Waals surface area contributed by atoms with Gasteiger partial charge in [0.25, 0.3) is 11.6 Å². The zero-order valence-corrected chi connectivity index (χ0v) is 12.1. The maximum atomic E-state index is 12.3. The van der Waals surface area contributed by atoms with Gasteiger partial charge in [-0.15, -0.1) is 11.8 Å². The van der Waals surface area contributed by atoms with E-state index in [1.54, 1.807) is 6.07 Å². The number of hydrogen-bond acceptors (Lipinski definition) is 5. The quantitative estimate of drug-likeness (QED) is 0.506. The first-order valence-electron chi connectivity index (χ1n) is 6.26. The molecule has 0 radical (unpaired) electrons. The van der Waals surface area contributed by atoms with Gasteiger partial charge in [-0.25, -0.2) is 0 Å². The lowest BCUT2D eigenvalue weighted by Gasteiger charge is -2.38. The number of amides is 1. The topological polar surface area (TPSA) is 101 Å². The highest BCUT2D eigenvalue weighted by Gasteiger charge is 2.35. The number of hydrogen-bond donors (Lipinski definition) is 1. The largest absolute Gasteiger partial charge is 0.481 e. The number of carboxylic acids is 1. The average Bonchev–Trinajstić information content (AvgIpc) is 2.40. The van der Waals surface area contributed by atoms with Gasteiger partial charge in [-0.3, -0.25) is 19.7 Å². The SMILES string of the molecule is CSc1ccc([N+](=O)[O-])c(C(=O)N2CC(CC(=O)O)C2)c1. The molecule has 1 amide bonds. The summed E-state index contributed by atoms with van der Waals surface area (Å²) in [6.45, 7) is 0.650. The fourth-order valence-electron chi connectivity index (χ4n) is 2.25. The molecule has 1 heterocycles. The molecule has 0 spiro atoms. The second-order valence-electron chi connectivity index (χ2n) is 4.81. The lowest BCUT2D eigenvalue weighted by Crippen LogP contribution is -2.50. The number of nitro groups is 1. The molecule has 2 rings (SSSR count). The van der Waals surface area contributed by atoms with Crippen molar-refractivity contribution in [2.45, 2.75) is 11.3 Å². The second-order valence-corrected chi connectivity index (χ2v) is 5.69. The van der Waals surface area contributed by atoms with E-state index in [0.717, 1.165) is 4.90 Å². The van der Waals surface area contributed by atoms with Gasteiger partial charge in [-0.2, -0.15) is 0 Å². The zero-order valence-electron chi connectivity index (χ0n) is 11.3. The Bertz CT molecular complexity index is 598. The van der Waals surface area contributed by atoms with Gasteiger partial charge in [-0.05, 0) is 18.4 Å². The van der Waals surface area contributed by atoms with E-state index >= 15 is 0 Å². The van der Waals surface area contributed by atoms with Crippen LogP contribution in [-0.4, -0.2) is 46.2 Å². The van der Waals surface area contributed by atoms with Crippen LogP contribution in [0.2, 0.25) is 0 Å². The molecule has 1 aliphatic rings. The third kappa shape index (κ3) is 3.33. The Kier molecular flexibility index (Phi) is 4.46. The first kappa shape index (κ1) is 15.3. The van der Waals surface area contributed by atoms with Crippen LogP contribution in [0, 0.1) is 16.0 Å². The number of carbonyl (C=O) groups excluding carboxylic acids is 1. The zero-order chi connectivity index (χ0) is 15.6. The predicted molar refractivity (Wildman–Crippen MR) is 76.5 cm³/mol. The van der Waals surface area contributed by atoms with Crippen molar-refractivity contribution < 1.29 is 19.6 Å². The van der Waals surface area contributed by atoms with Gasteiger partial charge in [-0.1, -0.05) is 0 Å². The normalized spacial score (nSPS) is 14.6. The molecule has 1 fully saturated rings. The van der Waals surface area contributed by atoms with E-state index in [-0.39, 0.29) is 23.6 Å². The predicted octanol–water partition coefficient (Wildman–Crippen LogP) is 1.86. The third-order valence-corrected chi connectivity index (χ3v) is 4.06. The fourth-order valence-corrected chi connectivity index (χ4v) is 2.69. The molecule has 0 aromatic heterocycles. The van der Waals surface area contributed by atoms with Gasteiger partial charge >= 0.3 is 5.97 Å². The molecule has 0 atom stereocenters. The van der Waals surface area contributed by atoms with Crippen molar-refractivity contribution in [3.8, 4) is 0 Å². The molecule has 1 aromatic rings. The molecule has 0 aliphatic carbocycles. The van der Waals surface area contributed by atoms with Gasteiger partial charge in [0.2, 0.25) is 0 Å². The minimum absolute atomic E-state index is 0.0106. The number of likely N-dealkylation sites (tertiary alicyclic amines) is 1. The molecular formula is C13H14N2O5S. The van der Waals surface area contributed by atoms with Crippen LogP contribution >= 0.6 is 11.8 Å². The Labute approximate surface area is 125 Å². The molecule has 0 unspecified atom stereocenters. The van der Waals surface area contributed by atoms with E-state index in [4.69, 9.17) is 5.11 Å². The van der Waals surface area contributed by atoms with Gasteiger partial charge in [0.15, 0.2) is 0 Å². The highest BCUT2D eigenvalue weighted by molar-refractivity contribution is 7.98. The summed E-state index contributed by atoms with van der Waals surface area (Å²) in [6, 6.07) is 4.44. The number of nitro benzene ring substituents is 1. The van der Waals surface area contributed by atoms with E-state index in [2.05, 4.69) is 0 Å². The molecule has 1 N–H and O–H groups in total. The van der Waals surface area contributed by atoms with Crippen LogP contribution in [0.5, 0.6) is 0 Å². The van der Waals surface area contributed by atoms with Crippen molar-refractivity contribution in [3.05, 3.63) is 33.9 Å². The molecule has 1 saturated heterocycles. The van der Waals surface area contributed by atoms with Crippen LogP contribution < -0.4 is 0 Å². The molecule has 0 saturated carbocycles. The Morgan fingerprint density at radius 2 is 2.14 bits per heavy atom. The third-order valence-electron chi connectivity index (χ3n) is 3.34. The molecule has 112 valence electrons. The van der Waals surface area contributed by atoms with Gasteiger partial charge in [0, 0.05) is 30.0 Å². The highest BCUT2D eigenvalue weighted by atomic mass is 32.2. The van der Waals surface area contributed by atoms with Crippen molar-refractivity contribution >= 4 is 29.3 Å². The summed E-state index contributed by atoms with van der Waals surface area (Å²) in [5.74, 6) is -1.39. The summed E-state index contributed by atoms with van der Waals surface area (Å²) in [4.78, 5) is 35.5. The van der Waals surface area contributed by atoms with Gasteiger partial charge in [0.1, 0.15) is 5.56 Å². The minimum atomic E-state index is -0.901. The number of thioether (sulfide) groups is 1. The van der Waals surface area contributed by atoms with E-state index in [0.29, 0.717) is 13.1 Å². The Morgan fingerprint density at radius 1 is 1.48 bits per heavy atom. The first-order valence-corrected chi connectivity index (χ1v) is 7.48. The number of aliphatic carboxylic acids is 1. The van der Waals surface area contributed by atoms with Crippen molar-refractivity contribution in [1.29, 1.82) is 0 Å². The van der Waals surface area contributed by atoms with Crippen LogP contribution in [-0.2, 0) is 4.79 Å². The molecule has 1 aromatic carbocycles. The molecular weight excluding hydrogens is 296 g/mol. The number of benzene rings is 1. The van der Waals surface area contributed by atoms with Crippen LogP contribution in [0.15, 0.2) is 23.1 Å². The summed E-state index contributed by atoms with van der Waals surface area (Å²) in [5.41, 5.74) is -0.167. The summed E-state index contributed by atoms with van der Waals surface area (Å²) in [5, 5.41) is 19.7. The van der Waals surface area contributed by atoms with Crippen molar-refractivity contribution in [1.82, 2.24) is 4.90 Å². The minimum Gasteiger partial charge on any atom is -0.481 e. The Hall–Kier alpha value is -2.09. The highest BCUT2D eigenvalue weighted by Crippen LogP contribution is 2.29. The van der Waals surface area contributed by atoms with E-state index in [1.807, 2.05) is 6.26 Å². The monoisotopic (exact) mass is 310 g/mol. The van der Waals surface area contributed by atoms with Crippen LogP contribution in [0.3, 0.4) is 0 Å². The van der Waals surface area contributed by atoms with Crippen LogP contribution in [0.4, 0.5) is 5.69 Å². The summed E-state index contributed by atoms with van der Waals surface area (Å²) < 4.78 is 0. The van der Waals surface area contributed by atoms with E-state index < -0.39 is 16.8 Å². The summed E-state index contributed by atoms with van der Waals surface area (Å²) in [6.07, 6.45) is 1.83. The molecule has 8 heteroatoms. The van der Waals surface area contributed by atoms with Crippen LogP contribution in [0.1, 0.15) is 16.8 Å². The summed E-state index contributed by atoms with van der Waals surface area (Å²) >= 11 is 1.40. The molecule has 7 nitrogen and oxygen atoms in total. The lowest BCUT2D eigenvalue weighted by molar-refractivity contribution is -0.385. The lowest BCUT2D eigenvalue weighted by atomic mass is 9.95. The Morgan fingerprint density at radius 3 is 2.67 bits per heavy atom. The van der Waals surface area contributed by atoms with Gasteiger partial charge < -0.3 is 10.0 Å². The number of nitrogens with zero attached hydrogens (tertiary/aromatic N) is 2. The first-order chi connectivity index (χ1) is 9.92. The van der Waals surface area contributed by atoms with E-state index in [9.17, 15) is 19.7 Å². The van der Waals surface area contributed by atoms with E-state index in [1.165, 1.54) is 28.8 Å². The molecule has 1 aliphatic heterocycles. The smallest absolute Gasteiger partial charge is 0.303 e. The molecule has 21 heavy (non-hydrogen) atoms. The Balaban J connectivity index is 2.16. The number of carboxylic acid groups (broad SMARTS) is 1. The number of rotatable bonds is 5. The van der Waals surface area contributed by atoms with Crippen molar-refractivity contribution in [2.75, 3.05) is 19.3 Å². The standard InChI is InChI=1S/C13H14N2O5S/c1-21-9-2-3-11(15(19)20)10(5-9)13(18)14-6-8(7-14)4-12(16)17/h2-3,5,8H,4,6-7H2,1H3,(H,16,17). The number of carbonyl (C=O) groups is 2. The van der Waals surface area contributed by atoms with Crippen molar-refractivity contribution in [2.24, 2.45) is 5.92 Å². The van der Waals surface area contributed by atoms with Gasteiger partial charge in [0.05, 0.1) is 11.3 Å². The van der Waals surface area contributed by atoms with Crippen LogP contribution in [0.25, 0.3) is 0 Å². The average molecular weight is 310 g/mol. The summed E-state index contributed by atoms with van der Waals surface area (Å²) in [7, 11) is 0. The second kappa shape index (κ2) is 6.13.